The molecule has 0 aliphatic carbocycles. The zero-order valence-corrected chi connectivity index (χ0v) is 28.3. The summed E-state index contributed by atoms with van der Waals surface area (Å²) in [6.07, 6.45) is -0.998. The van der Waals surface area contributed by atoms with Gasteiger partial charge in [-0.05, 0) is 41.4 Å². The molecule has 2 aromatic carbocycles. The molecule has 0 radical (unpaired) electrons. The molecule has 0 bridgehead atoms. The van der Waals surface area contributed by atoms with Gasteiger partial charge >= 0.3 is 0 Å². The molecular formula is C32H47N5O8S. The van der Waals surface area contributed by atoms with Crippen molar-refractivity contribution in [2.45, 2.75) is 84.4 Å². The molecule has 13 nitrogen and oxygen atoms in total. The molecule has 0 saturated carbocycles. The highest BCUT2D eigenvalue weighted by Crippen LogP contribution is 2.25. The fraction of sp³-hybridized carbons (Fsp3) is 0.531. The maximum atomic E-state index is 13.6. The minimum absolute atomic E-state index is 0.00902. The number of nitro benzene ring substituents is 1. The highest BCUT2D eigenvalue weighted by atomic mass is 32.2. The van der Waals surface area contributed by atoms with E-state index >= 15 is 0 Å². The van der Waals surface area contributed by atoms with Crippen LogP contribution in [0.15, 0.2) is 53.4 Å². The summed E-state index contributed by atoms with van der Waals surface area (Å²) in [7, 11) is -4.22. The van der Waals surface area contributed by atoms with Crippen molar-refractivity contribution < 1.29 is 32.8 Å². The predicted octanol–water partition coefficient (Wildman–Crippen LogP) is 2.46. The van der Waals surface area contributed by atoms with Gasteiger partial charge in [-0.1, -0.05) is 78.8 Å². The van der Waals surface area contributed by atoms with Crippen LogP contribution in [0.25, 0.3) is 0 Å². The van der Waals surface area contributed by atoms with Gasteiger partial charge < -0.3 is 21.1 Å². The minimum Gasteiger partial charge on any atom is -0.390 e. The molecule has 2 aromatic rings. The van der Waals surface area contributed by atoms with Crippen molar-refractivity contribution in [3.05, 3.63) is 69.8 Å². The van der Waals surface area contributed by atoms with Crippen LogP contribution in [0.2, 0.25) is 0 Å². The van der Waals surface area contributed by atoms with Gasteiger partial charge in [0.1, 0.15) is 6.04 Å². The first-order chi connectivity index (χ1) is 21.3. The molecule has 0 aromatic heterocycles. The molecule has 0 heterocycles. The van der Waals surface area contributed by atoms with Crippen LogP contribution in [-0.2, 0) is 37.2 Å². The van der Waals surface area contributed by atoms with Crippen molar-refractivity contribution in [3.8, 4) is 0 Å². The van der Waals surface area contributed by atoms with E-state index in [1.54, 1.807) is 58.9 Å². The molecule has 3 unspecified atom stereocenters. The van der Waals surface area contributed by atoms with Gasteiger partial charge in [-0.25, -0.2) is 13.1 Å². The first kappa shape index (κ1) is 38.3. The van der Waals surface area contributed by atoms with E-state index in [4.69, 9.17) is 0 Å². The van der Waals surface area contributed by atoms with Crippen molar-refractivity contribution in [1.29, 1.82) is 0 Å². The van der Waals surface area contributed by atoms with Crippen LogP contribution in [0.4, 0.5) is 5.69 Å². The number of carbonyl (C=O) groups excluding carboxylic acids is 3. The second-order valence-electron chi connectivity index (χ2n) is 13.1. The number of nitrogens with one attached hydrogen (secondary N) is 4. The summed E-state index contributed by atoms with van der Waals surface area (Å²) in [5.74, 6) is -1.81. The average Bonchev–Trinajstić information content (AvgIpc) is 2.96. The summed E-state index contributed by atoms with van der Waals surface area (Å²) in [5.41, 5.74) is 0.0303. The number of hydrogen-bond donors (Lipinski definition) is 5. The summed E-state index contributed by atoms with van der Waals surface area (Å²) in [6.45, 7) is 11.5. The van der Waals surface area contributed by atoms with Gasteiger partial charge in [-0.15, -0.1) is 0 Å². The Morgan fingerprint density at radius 1 is 0.935 bits per heavy atom. The Hall–Kier alpha value is -3.88. The van der Waals surface area contributed by atoms with E-state index in [1.165, 1.54) is 12.1 Å². The number of nitrogens with zero attached hydrogens (tertiary/aromatic N) is 1. The Labute approximate surface area is 271 Å². The van der Waals surface area contributed by atoms with E-state index in [9.17, 15) is 38.0 Å². The Morgan fingerprint density at radius 2 is 1.57 bits per heavy atom. The molecule has 254 valence electrons. The molecule has 0 saturated heterocycles. The molecule has 5 N–H and O–H groups in total. The van der Waals surface area contributed by atoms with Crippen LogP contribution in [0, 0.1) is 27.4 Å². The molecule has 46 heavy (non-hydrogen) atoms. The van der Waals surface area contributed by atoms with Crippen molar-refractivity contribution in [3.63, 3.8) is 0 Å². The highest BCUT2D eigenvalue weighted by Gasteiger charge is 2.35. The van der Waals surface area contributed by atoms with Crippen molar-refractivity contribution in [1.82, 2.24) is 20.7 Å². The number of benzene rings is 2. The number of rotatable bonds is 16. The lowest BCUT2D eigenvalue weighted by atomic mass is 9.85. The average molecular weight is 662 g/mol. The van der Waals surface area contributed by atoms with Gasteiger partial charge in [0.05, 0.1) is 28.5 Å². The third kappa shape index (κ3) is 11.8. The standard InChI is InChI=1S/C32H47N5O8S/c1-20(2)15-23-17-24(37(42)43)13-14-27(23)46(44,45)34-18-26(38)25(16-22-11-9-8-10-12-22)35-31(41)29(32(5,6)7)36-28(39)19-33-30(40)21(3)4/h8-14,17,20-21,25-26,29,34,38H,15-16,18-19H2,1-7H3,(H,33,40)(H,35,41)(H,36,39). The van der Waals surface area contributed by atoms with Crippen molar-refractivity contribution in [2.24, 2.45) is 17.3 Å². The van der Waals surface area contributed by atoms with Gasteiger partial charge in [0, 0.05) is 24.6 Å². The summed E-state index contributed by atoms with van der Waals surface area (Å²) in [4.78, 5) is 48.8. The lowest BCUT2D eigenvalue weighted by Gasteiger charge is -2.33. The maximum absolute atomic E-state index is 13.6. The van der Waals surface area contributed by atoms with Crippen LogP contribution in [-0.4, -0.2) is 67.4 Å². The number of sulfonamides is 1. The van der Waals surface area contributed by atoms with Crippen LogP contribution in [0.1, 0.15) is 59.6 Å². The molecule has 2 rings (SSSR count). The first-order valence-corrected chi connectivity index (χ1v) is 16.7. The Balaban J connectivity index is 2.30. The lowest BCUT2D eigenvalue weighted by molar-refractivity contribution is -0.385. The van der Waals surface area contributed by atoms with E-state index in [0.717, 1.165) is 11.6 Å². The Morgan fingerprint density at radius 3 is 2.11 bits per heavy atom. The summed E-state index contributed by atoms with van der Waals surface area (Å²) in [5, 5.41) is 30.5. The molecular weight excluding hydrogens is 614 g/mol. The van der Waals surface area contributed by atoms with Gasteiger partial charge in [-0.2, -0.15) is 0 Å². The number of hydrogen-bond acceptors (Lipinski definition) is 8. The smallest absolute Gasteiger partial charge is 0.269 e. The van der Waals surface area contributed by atoms with Gasteiger partial charge in [0.15, 0.2) is 0 Å². The summed E-state index contributed by atoms with van der Waals surface area (Å²) < 4.78 is 29.2. The molecule has 0 aliphatic rings. The fourth-order valence-corrected chi connectivity index (χ4v) is 5.91. The number of carbonyl (C=O) groups is 3. The fourth-order valence-electron chi connectivity index (χ4n) is 4.63. The minimum atomic E-state index is -4.22. The van der Waals surface area contributed by atoms with E-state index in [2.05, 4.69) is 20.7 Å². The van der Waals surface area contributed by atoms with E-state index in [1.807, 2.05) is 19.9 Å². The molecule has 3 amide bonds. The number of non-ortho nitro benzene ring substituents is 1. The number of amides is 3. The van der Waals surface area contributed by atoms with Crippen LogP contribution < -0.4 is 20.7 Å². The second-order valence-corrected chi connectivity index (χ2v) is 14.8. The second kappa shape index (κ2) is 16.6. The van der Waals surface area contributed by atoms with E-state index < -0.39 is 56.9 Å². The van der Waals surface area contributed by atoms with Gasteiger partial charge in [-0.3, -0.25) is 24.5 Å². The van der Waals surface area contributed by atoms with Crippen LogP contribution >= 0.6 is 0 Å². The summed E-state index contributed by atoms with van der Waals surface area (Å²) >= 11 is 0. The zero-order chi connectivity index (χ0) is 34.8. The normalized spacial score (nSPS) is 14.0. The topological polar surface area (TPSA) is 197 Å². The van der Waals surface area contributed by atoms with Gasteiger partial charge in [0.25, 0.3) is 5.69 Å². The van der Waals surface area contributed by atoms with E-state index in [0.29, 0.717) is 0 Å². The maximum Gasteiger partial charge on any atom is 0.269 e. The summed E-state index contributed by atoms with van der Waals surface area (Å²) in [6, 6.07) is 10.5. The van der Waals surface area contributed by atoms with Gasteiger partial charge in [0.2, 0.25) is 27.7 Å². The molecule has 0 spiro atoms. The number of aliphatic hydroxyl groups excluding tert-OH is 1. The van der Waals surface area contributed by atoms with Crippen molar-refractivity contribution in [2.75, 3.05) is 13.1 Å². The lowest BCUT2D eigenvalue weighted by Crippen LogP contribution is -2.59. The number of nitro groups is 1. The Bertz CT molecular complexity index is 1470. The SMILES string of the molecule is CC(C)Cc1cc([N+](=O)[O-])ccc1S(=O)(=O)NCC(O)C(Cc1ccccc1)NC(=O)C(NC(=O)CNC(=O)C(C)C)C(C)(C)C. The van der Waals surface area contributed by atoms with Crippen LogP contribution in [0.5, 0.6) is 0 Å². The third-order valence-electron chi connectivity index (χ3n) is 7.13. The van der Waals surface area contributed by atoms with Crippen LogP contribution in [0.3, 0.4) is 0 Å². The van der Waals surface area contributed by atoms with E-state index in [-0.39, 0.29) is 53.3 Å². The first-order valence-electron chi connectivity index (χ1n) is 15.2. The third-order valence-corrected chi connectivity index (χ3v) is 8.65. The predicted molar refractivity (Wildman–Crippen MR) is 174 cm³/mol. The quantitative estimate of drug-likeness (QED) is 0.134. The molecule has 3 atom stereocenters. The molecule has 14 heteroatoms. The zero-order valence-electron chi connectivity index (χ0n) is 27.5. The van der Waals surface area contributed by atoms with Crippen molar-refractivity contribution >= 4 is 33.4 Å². The Kier molecular flexibility index (Phi) is 13.8. The molecule has 0 aliphatic heterocycles. The largest absolute Gasteiger partial charge is 0.390 e. The highest BCUT2D eigenvalue weighted by molar-refractivity contribution is 7.89. The molecule has 0 fully saturated rings. The number of aliphatic hydroxyl groups is 1. The monoisotopic (exact) mass is 661 g/mol.